The number of ether oxygens (including phenoxy) is 2. The number of benzene rings is 3. The molecular weight excluding hydrogens is 487 g/mol. The monoisotopic (exact) mass is 508 g/mol. The lowest BCUT2D eigenvalue weighted by atomic mass is 10.2. The molecule has 0 heterocycles. The van der Waals surface area contributed by atoms with Crippen LogP contribution in [0.2, 0.25) is 10.0 Å². The van der Waals surface area contributed by atoms with E-state index in [9.17, 15) is 13.2 Å². The molecule has 0 aromatic heterocycles. The largest absolute Gasteiger partial charge is 0.492 e. The molecule has 3 rings (SSSR count). The Labute approximate surface area is 202 Å². The molecule has 0 fully saturated rings. The molecule has 7 nitrogen and oxygen atoms in total. The van der Waals surface area contributed by atoms with E-state index in [1.54, 1.807) is 31.2 Å². The highest BCUT2D eigenvalue weighted by molar-refractivity contribution is 7.89. The second-order valence-corrected chi connectivity index (χ2v) is 9.78. The van der Waals surface area contributed by atoms with Gasteiger partial charge in [-0.1, -0.05) is 41.4 Å². The lowest BCUT2D eigenvalue weighted by molar-refractivity contribution is -0.116. The van der Waals surface area contributed by atoms with Crippen LogP contribution in [0, 0.1) is 0 Å². The summed E-state index contributed by atoms with van der Waals surface area (Å²) in [4.78, 5) is 12.6. The van der Waals surface area contributed by atoms with Gasteiger partial charge in [0.1, 0.15) is 11.5 Å². The summed E-state index contributed by atoms with van der Waals surface area (Å²) < 4.78 is 37.9. The molecule has 3 aromatic carbocycles. The van der Waals surface area contributed by atoms with E-state index in [1.807, 2.05) is 18.2 Å². The van der Waals surface area contributed by atoms with E-state index in [2.05, 4.69) is 5.32 Å². The number of anilines is 1. The van der Waals surface area contributed by atoms with Crippen LogP contribution in [0.25, 0.3) is 0 Å². The minimum absolute atomic E-state index is 0.0536. The topological polar surface area (TPSA) is 84.9 Å². The standard InChI is InChI=1S/C23H22Cl2N2O5S/c1-3-31-21-12-10-18(14-19(21)25)33(29,30)27(2)15-23(28)26-20-13-16(24)9-11-22(20)32-17-7-5-4-6-8-17/h4-14H,3,15H2,1-2H3,(H,26,28). The Morgan fingerprint density at radius 1 is 1.00 bits per heavy atom. The highest BCUT2D eigenvalue weighted by Gasteiger charge is 2.24. The molecule has 0 saturated heterocycles. The van der Waals surface area contributed by atoms with Gasteiger partial charge in [0.2, 0.25) is 15.9 Å². The first-order valence-electron chi connectivity index (χ1n) is 9.91. The van der Waals surface area contributed by atoms with Crippen molar-refractivity contribution in [2.24, 2.45) is 0 Å². The third-order valence-electron chi connectivity index (χ3n) is 4.46. The molecule has 174 valence electrons. The van der Waals surface area contributed by atoms with E-state index in [4.69, 9.17) is 32.7 Å². The maximum Gasteiger partial charge on any atom is 0.243 e. The fourth-order valence-electron chi connectivity index (χ4n) is 2.88. The fourth-order valence-corrected chi connectivity index (χ4v) is 4.50. The van der Waals surface area contributed by atoms with Crippen molar-refractivity contribution in [1.82, 2.24) is 4.31 Å². The Hall–Kier alpha value is -2.78. The van der Waals surface area contributed by atoms with E-state index < -0.39 is 22.5 Å². The van der Waals surface area contributed by atoms with Gasteiger partial charge < -0.3 is 14.8 Å². The molecule has 1 N–H and O–H groups in total. The number of halogens is 2. The number of amides is 1. The quantitative estimate of drug-likeness (QED) is 0.415. The number of rotatable bonds is 9. The fraction of sp³-hybridized carbons (Fsp3) is 0.174. The van der Waals surface area contributed by atoms with Crippen molar-refractivity contribution in [3.05, 3.63) is 76.8 Å². The van der Waals surface area contributed by atoms with E-state index >= 15 is 0 Å². The number of nitrogens with one attached hydrogen (secondary N) is 1. The van der Waals surface area contributed by atoms with Gasteiger partial charge in [-0.2, -0.15) is 4.31 Å². The van der Waals surface area contributed by atoms with E-state index in [-0.39, 0.29) is 9.92 Å². The van der Waals surface area contributed by atoms with Crippen LogP contribution in [0.5, 0.6) is 17.2 Å². The van der Waals surface area contributed by atoms with Gasteiger partial charge in [-0.05, 0) is 55.5 Å². The van der Waals surface area contributed by atoms with Gasteiger partial charge in [0.25, 0.3) is 0 Å². The summed E-state index contributed by atoms with van der Waals surface area (Å²) in [5.74, 6) is 0.744. The van der Waals surface area contributed by atoms with Crippen LogP contribution < -0.4 is 14.8 Å². The van der Waals surface area contributed by atoms with Crippen LogP contribution >= 0.6 is 23.2 Å². The number of nitrogens with zero attached hydrogens (tertiary/aromatic N) is 1. The summed E-state index contributed by atoms with van der Waals surface area (Å²) in [5, 5.41) is 3.21. The van der Waals surface area contributed by atoms with E-state index in [0.717, 1.165) is 4.31 Å². The normalized spacial score (nSPS) is 11.3. The Kier molecular flexibility index (Phi) is 8.20. The molecule has 0 saturated carbocycles. The van der Waals surface area contributed by atoms with E-state index in [1.165, 1.54) is 31.3 Å². The number of para-hydroxylation sites is 1. The molecule has 0 aliphatic heterocycles. The van der Waals surface area contributed by atoms with Gasteiger partial charge in [0, 0.05) is 12.1 Å². The third-order valence-corrected chi connectivity index (χ3v) is 6.79. The molecule has 10 heteroatoms. The number of hydrogen-bond donors (Lipinski definition) is 1. The van der Waals surface area contributed by atoms with Gasteiger partial charge in [-0.3, -0.25) is 4.79 Å². The first kappa shape index (κ1) is 24.9. The van der Waals surface area contributed by atoms with Crippen LogP contribution in [-0.2, 0) is 14.8 Å². The van der Waals surface area contributed by atoms with Crippen LogP contribution in [-0.4, -0.2) is 38.8 Å². The molecule has 0 spiro atoms. The highest BCUT2D eigenvalue weighted by atomic mass is 35.5. The second kappa shape index (κ2) is 10.9. The molecule has 0 atom stereocenters. The molecule has 1 amide bonds. The smallest absolute Gasteiger partial charge is 0.243 e. The molecule has 0 radical (unpaired) electrons. The average Bonchev–Trinajstić information content (AvgIpc) is 2.77. The Morgan fingerprint density at radius 2 is 1.70 bits per heavy atom. The van der Waals surface area contributed by atoms with Crippen molar-refractivity contribution in [3.63, 3.8) is 0 Å². The molecular formula is C23H22Cl2N2O5S. The Morgan fingerprint density at radius 3 is 2.36 bits per heavy atom. The zero-order valence-electron chi connectivity index (χ0n) is 17.9. The highest BCUT2D eigenvalue weighted by Crippen LogP contribution is 2.32. The van der Waals surface area contributed by atoms with Gasteiger partial charge in [0.15, 0.2) is 5.75 Å². The number of hydrogen-bond acceptors (Lipinski definition) is 5. The van der Waals surface area contributed by atoms with Crippen LogP contribution in [0.4, 0.5) is 5.69 Å². The van der Waals surface area contributed by atoms with Crippen molar-refractivity contribution < 1.29 is 22.7 Å². The first-order valence-corrected chi connectivity index (χ1v) is 12.1. The van der Waals surface area contributed by atoms with Gasteiger partial charge in [-0.25, -0.2) is 8.42 Å². The first-order chi connectivity index (χ1) is 15.7. The molecule has 0 unspecified atom stereocenters. The minimum Gasteiger partial charge on any atom is -0.492 e. The summed E-state index contributed by atoms with van der Waals surface area (Å²) in [6, 6.07) is 17.9. The predicted molar refractivity (Wildman–Crippen MR) is 129 cm³/mol. The second-order valence-electron chi connectivity index (χ2n) is 6.89. The number of sulfonamides is 1. The number of likely N-dealkylation sites (N-methyl/N-ethyl adjacent to an activating group) is 1. The van der Waals surface area contributed by atoms with Gasteiger partial charge in [-0.15, -0.1) is 0 Å². The van der Waals surface area contributed by atoms with Crippen molar-refractivity contribution in [1.29, 1.82) is 0 Å². The van der Waals surface area contributed by atoms with Crippen molar-refractivity contribution in [2.75, 3.05) is 25.5 Å². The summed E-state index contributed by atoms with van der Waals surface area (Å²) in [6.07, 6.45) is 0. The zero-order valence-corrected chi connectivity index (χ0v) is 20.2. The number of carbonyl (C=O) groups excluding carboxylic acids is 1. The lowest BCUT2D eigenvalue weighted by Crippen LogP contribution is -2.35. The maximum absolute atomic E-state index is 12.9. The molecule has 0 aliphatic rings. The number of carbonyl (C=O) groups is 1. The minimum atomic E-state index is -3.97. The third kappa shape index (κ3) is 6.39. The summed E-state index contributed by atoms with van der Waals surface area (Å²) in [7, 11) is -2.67. The van der Waals surface area contributed by atoms with Crippen molar-refractivity contribution in [3.8, 4) is 17.2 Å². The summed E-state index contributed by atoms with van der Waals surface area (Å²) in [5.41, 5.74) is 0.311. The Bertz CT molecular complexity index is 1240. The van der Waals surface area contributed by atoms with Crippen molar-refractivity contribution >= 4 is 44.8 Å². The van der Waals surface area contributed by atoms with Gasteiger partial charge in [0.05, 0.1) is 28.8 Å². The van der Waals surface area contributed by atoms with Crippen molar-refractivity contribution in [2.45, 2.75) is 11.8 Å². The predicted octanol–water partition coefficient (Wildman–Crippen LogP) is 5.44. The van der Waals surface area contributed by atoms with Crippen LogP contribution in [0.1, 0.15) is 6.92 Å². The summed E-state index contributed by atoms with van der Waals surface area (Å²) in [6.45, 7) is 1.75. The van der Waals surface area contributed by atoms with Crippen LogP contribution in [0.15, 0.2) is 71.6 Å². The Balaban J connectivity index is 1.74. The molecule has 3 aromatic rings. The SMILES string of the molecule is CCOc1ccc(S(=O)(=O)N(C)CC(=O)Nc2cc(Cl)ccc2Oc2ccccc2)cc1Cl. The zero-order chi connectivity index (χ0) is 24.0. The lowest BCUT2D eigenvalue weighted by Gasteiger charge is -2.18. The van der Waals surface area contributed by atoms with E-state index in [0.29, 0.717) is 34.6 Å². The average molecular weight is 509 g/mol. The molecule has 0 aliphatic carbocycles. The van der Waals surface area contributed by atoms with Crippen LogP contribution in [0.3, 0.4) is 0 Å². The molecule has 0 bridgehead atoms. The summed E-state index contributed by atoms with van der Waals surface area (Å²) >= 11 is 12.2. The molecule has 33 heavy (non-hydrogen) atoms. The maximum atomic E-state index is 12.9. The van der Waals surface area contributed by atoms with Gasteiger partial charge >= 0.3 is 0 Å².